The molecule has 2 rings (SSSR count). The van der Waals surface area contributed by atoms with E-state index in [1.807, 2.05) is 6.08 Å². The molecule has 2 atom stereocenters. The first-order valence-corrected chi connectivity index (χ1v) is 11.0. The average molecular weight is 340 g/mol. The van der Waals surface area contributed by atoms with Crippen molar-refractivity contribution in [3.63, 3.8) is 0 Å². The third-order valence-corrected chi connectivity index (χ3v) is 10.6. The van der Waals surface area contributed by atoms with Gasteiger partial charge in [0, 0.05) is 10.3 Å². The fraction of sp³-hybridized carbons (Fsp3) is 0.455. The molecular formula is C22H29NS. The number of hydrogen-bond acceptors (Lipinski definition) is 1. The van der Waals surface area contributed by atoms with Gasteiger partial charge in [-0.15, -0.1) is 5.73 Å². The molecule has 1 heterocycles. The summed E-state index contributed by atoms with van der Waals surface area (Å²) in [4.78, 5) is 1.58. The van der Waals surface area contributed by atoms with Crippen molar-refractivity contribution in [1.29, 1.82) is 5.26 Å². The number of hydrogen-bond donors (Lipinski definition) is 0. The van der Waals surface area contributed by atoms with Crippen LogP contribution in [0.15, 0.2) is 64.3 Å². The molecule has 24 heavy (non-hydrogen) atoms. The highest BCUT2D eigenvalue weighted by atomic mass is 32.3. The summed E-state index contributed by atoms with van der Waals surface area (Å²) in [6.07, 6.45) is 14.4. The van der Waals surface area contributed by atoms with Gasteiger partial charge in [0.2, 0.25) is 0 Å². The van der Waals surface area contributed by atoms with Crippen LogP contribution in [0.5, 0.6) is 0 Å². The Bertz CT molecular complexity index is 747. The van der Waals surface area contributed by atoms with Crippen molar-refractivity contribution in [3.05, 3.63) is 64.3 Å². The summed E-state index contributed by atoms with van der Waals surface area (Å²) in [6.45, 7) is 14.4. The van der Waals surface area contributed by atoms with Gasteiger partial charge in [-0.25, -0.2) is 10.0 Å². The zero-order chi connectivity index (χ0) is 18.1. The Morgan fingerprint density at radius 3 is 2.62 bits per heavy atom. The molecule has 0 aromatic carbocycles. The van der Waals surface area contributed by atoms with Crippen LogP contribution in [0.1, 0.15) is 40.0 Å². The summed E-state index contributed by atoms with van der Waals surface area (Å²) in [6, 6.07) is 2.38. The molecule has 128 valence electrons. The van der Waals surface area contributed by atoms with Gasteiger partial charge in [0.1, 0.15) is 0 Å². The largest absolute Gasteiger partial charge is 0.215 e. The standard InChI is InChI=1S/C22H29NS/c1-8-17(9-2)16(4)21-12-11-20-13-18(10-3)19(15-23)14-22(20,5)24(21,6)7/h8-9,14,20H,1,3,11-13H2,2,4-7H3/b17-9+,21-16+. The fourth-order valence-corrected chi connectivity index (χ4v) is 7.80. The summed E-state index contributed by atoms with van der Waals surface area (Å²) < 4.78 is 0.0489. The van der Waals surface area contributed by atoms with E-state index in [1.165, 1.54) is 11.1 Å². The van der Waals surface area contributed by atoms with Crippen molar-refractivity contribution in [2.75, 3.05) is 12.5 Å². The number of rotatable bonds is 2. The van der Waals surface area contributed by atoms with Crippen LogP contribution in [0.4, 0.5) is 0 Å². The van der Waals surface area contributed by atoms with E-state index in [-0.39, 0.29) is 4.75 Å². The zero-order valence-corrected chi connectivity index (χ0v) is 16.5. The summed E-state index contributed by atoms with van der Waals surface area (Å²) in [7, 11) is -1.06. The monoisotopic (exact) mass is 339 g/mol. The van der Waals surface area contributed by atoms with Gasteiger partial charge < -0.3 is 0 Å². The number of allylic oxidation sites excluding steroid dienone is 7. The quantitative estimate of drug-likeness (QED) is 0.434. The van der Waals surface area contributed by atoms with Gasteiger partial charge in [0.25, 0.3) is 0 Å². The van der Waals surface area contributed by atoms with Crippen LogP contribution in [0, 0.1) is 17.2 Å². The molecule has 0 amide bonds. The van der Waals surface area contributed by atoms with Crippen LogP contribution in [-0.2, 0) is 0 Å². The van der Waals surface area contributed by atoms with Crippen molar-refractivity contribution in [2.24, 2.45) is 5.92 Å². The van der Waals surface area contributed by atoms with Crippen LogP contribution >= 0.6 is 10.0 Å². The van der Waals surface area contributed by atoms with Crippen molar-refractivity contribution < 1.29 is 0 Å². The molecule has 0 aromatic heterocycles. The lowest BCUT2D eigenvalue weighted by Crippen LogP contribution is -2.44. The minimum atomic E-state index is -1.06. The first-order chi connectivity index (χ1) is 11.3. The summed E-state index contributed by atoms with van der Waals surface area (Å²) in [5.74, 6) is 0.568. The van der Waals surface area contributed by atoms with E-state index in [4.69, 9.17) is 0 Å². The third-order valence-electron chi connectivity index (χ3n) is 6.17. The number of nitriles is 1. The molecule has 0 N–H and O–H groups in total. The Hall–Kier alpha value is -1.68. The maximum absolute atomic E-state index is 9.57. The van der Waals surface area contributed by atoms with E-state index < -0.39 is 10.0 Å². The Balaban J connectivity index is 2.67. The van der Waals surface area contributed by atoms with Gasteiger partial charge in [0.05, 0.1) is 11.6 Å². The van der Waals surface area contributed by atoms with Crippen molar-refractivity contribution in [2.45, 2.75) is 44.8 Å². The van der Waals surface area contributed by atoms with E-state index in [0.29, 0.717) is 5.92 Å². The molecule has 2 unspecified atom stereocenters. The smallest absolute Gasteiger partial charge is 0.0998 e. The van der Waals surface area contributed by atoms with Crippen LogP contribution in [0.3, 0.4) is 0 Å². The lowest BCUT2D eigenvalue weighted by Gasteiger charge is -2.59. The Morgan fingerprint density at radius 1 is 1.46 bits per heavy atom. The number of fused-ring (bicyclic) bond motifs is 1. The van der Waals surface area contributed by atoms with E-state index in [9.17, 15) is 5.26 Å². The molecule has 0 bridgehead atoms. The highest BCUT2D eigenvalue weighted by Crippen LogP contribution is 2.71. The summed E-state index contributed by atoms with van der Waals surface area (Å²) >= 11 is 0. The second kappa shape index (κ2) is 6.67. The molecule has 0 aromatic rings. The normalized spacial score (nSPS) is 32.7. The molecule has 0 radical (unpaired) electrons. The minimum Gasteiger partial charge on any atom is -0.215 e. The van der Waals surface area contributed by atoms with Crippen LogP contribution in [-0.4, -0.2) is 17.3 Å². The molecule has 1 aliphatic carbocycles. The van der Waals surface area contributed by atoms with Crippen molar-refractivity contribution in [1.82, 2.24) is 0 Å². The van der Waals surface area contributed by atoms with E-state index in [0.717, 1.165) is 30.4 Å². The number of nitrogens with zero attached hydrogens (tertiary/aromatic N) is 1. The van der Waals surface area contributed by atoms with Gasteiger partial charge in [-0.2, -0.15) is 5.26 Å². The van der Waals surface area contributed by atoms with E-state index >= 15 is 0 Å². The second-order valence-electron chi connectivity index (χ2n) is 7.27. The summed E-state index contributed by atoms with van der Waals surface area (Å²) in [5, 5.41) is 9.57. The first-order valence-electron chi connectivity index (χ1n) is 8.50. The molecule has 1 aliphatic heterocycles. The lowest BCUT2D eigenvalue weighted by molar-refractivity contribution is 0.397. The maximum Gasteiger partial charge on any atom is 0.0998 e. The van der Waals surface area contributed by atoms with Crippen molar-refractivity contribution >= 4 is 10.0 Å². The molecule has 1 nitrogen and oxygen atoms in total. The second-order valence-corrected chi connectivity index (χ2v) is 11.3. The van der Waals surface area contributed by atoms with Crippen LogP contribution < -0.4 is 0 Å². The van der Waals surface area contributed by atoms with Gasteiger partial charge in [0.15, 0.2) is 0 Å². The van der Waals surface area contributed by atoms with E-state index in [1.54, 1.807) is 4.91 Å². The van der Waals surface area contributed by atoms with Gasteiger partial charge in [-0.05, 0) is 74.5 Å². The van der Waals surface area contributed by atoms with Gasteiger partial charge in [-0.1, -0.05) is 31.4 Å². The summed E-state index contributed by atoms with van der Waals surface area (Å²) in [5.41, 5.74) is 7.39. The van der Waals surface area contributed by atoms with Gasteiger partial charge >= 0.3 is 0 Å². The molecule has 1 saturated heterocycles. The zero-order valence-electron chi connectivity index (χ0n) is 15.7. The highest BCUT2D eigenvalue weighted by Gasteiger charge is 2.50. The topological polar surface area (TPSA) is 23.8 Å². The Morgan fingerprint density at radius 2 is 2.12 bits per heavy atom. The molecule has 1 fully saturated rings. The van der Waals surface area contributed by atoms with Crippen LogP contribution in [0.2, 0.25) is 0 Å². The fourth-order valence-electron chi connectivity index (χ4n) is 4.31. The molecule has 0 saturated carbocycles. The van der Waals surface area contributed by atoms with Gasteiger partial charge in [-0.3, -0.25) is 0 Å². The van der Waals surface area contributed by atoms with Crippen LogP contribution in [0.25, 0.3) is 0 Å². The highest BCUT2D eigenvalue weighted by molar-refractivity contribution is 8.37. The Kier molecular flexibility index (Phi) is 5.19. The molecular weight excluding hydrogens is 310 g/mol. The predicted octanol–water partition coefficient (Wildman–Crippen LogP) is 6.19. The minimum absolute atomic E-state index is 0.0489. The lowest BCUT2D eigenvalue weighted by atomic mass is 9.76. The van der Waals surface area contributed by atoms with E-state index in [2.05, 4.69) is 70.4 Å². The molecule has 2 aliphatic rings. The SMILES string of the molecule is C=C=C1CC2CC/C(=C(C)\C(C=C)=C\C)S(C)(C)C2(C)C=C1C#N. The maximum atomic E-state index is 9.57. The van der Waals surface area contributed by atoms with Crippen molar-refractivity contribution in [3.8, 4) is 6.07 Å². The Labute approximate surface area is 149 Å². The average Bonchev–Trinajstić information content (AvgIpc) is 2.55. The predicted molar refractivity (Wildman–Crippen MR) is 108 cm³/mol. The third kappa shape index (κ3) is 2.67. The molecule has 2 heteroatoms. The molecule has 0 spiro atoms. The first kappa shape index (κ1) is 18.7.